The van der Waals surface area contributed by atoms with E-state index in [1.165, 1.54) is 0 Å². The van der Waals surface area contributed by atoms with Gasteiger partial charge in [0.25, 0.3) is 0 Å². The van der Waals surface area contributed by atoms with Crippen molar-refractivity contribution in [2.75, 3.05) is 0 Å². The number of urea groups is 1. The van der Waals surface area contributed by atoms with Gasteiger partial charge in [-0.25, -0.2) is 4.79 Å². The van der Waals surface area contributed by atoms with Gasteiger partial charge in [-0.05, 0) is 25.0 Å². The van der Waals surface area contributed by atoms with Crippen molar-refractivity contribution >= 4 is 25.1 Å². The van der Waals surface area contributed by atoms with E-state index in [4.69, 9.17) is 0 Å². The molecule has 0 aromatic rings. The van der Waals surface area contributed by atoms with Crippen molar-refractivity contribution < 1.29 is 9.59 Å². The molecule has 0 rings (SSSR count). The number of hydrogen-bond acceptors (Lipinski definition) is 3. The number of carbonyl (C=O) groups is 2. The highest BCUT2D eigenvalue weighted by Gasteiger charge is 1.99. The van der Waals surface area contributed by atoms with Gasteiger partial charge in [0.05, 0.1) is 0 Å². The van der Waals surface area contributed by atoms with Crippen LogP contribution in [0.5, 0.6) is 0 Å². The summed E-state index contributed by atoms with van der Waals surface area (Å²) in [6, 6.07) is -0.431. The van der Waals surface area contributed by atoms with Crippen molar-refractivity contribution in [3.05, 3.63) is 23.4 Å². The fourth-order valence-electron chi connectivity index (χ4n) is 0.770. The fraction of sp³-hybridized carbons (Fsp3) is 0.333. The molecule has 0 aromatic carbocycles. The van der Waals surface area contributed by atoms with E-state index < -0.39 is 6.03 Å². The minimum Gasteiger partial charge on any atom is -0.308 e. The summed E-state index contributed by atoms with van der Waals surface area (Å²) >= 11 is 3.59. The van der Waals surface area contributed by atoms with Gasteiger partial charge in [0.2, 0.25) is 0 Å². The van der Waals surface area contributed by atoms with Gasteiger partial charge < -0.3 is 5.32 Å². The van der Waals surface area contributed by atoms with Crippen LogP contribution in [0.3, 0.4) is 0 Å². The van der Waals surface area contributed by atoms with Gasteiger partial charge in [0.15, 0.2) is 0 Å². The second-order valence-electron chi connectivity index (χ2n) is 2.50. The molecule has 0 aromatic heterocycles. The number of amides is 2. The normalized spacial score (nSPS) is 12.2. The molecule has 0 saturated carbocycles. The molecule has 0 bridgehead atoms. The van der Waals surface area contributed by atoms with Gasteiger partial charge in [-0.2, -0.15) is 0 Å². The first-order chi connectivity index (χ1) is 6.67. The van der Waals surface area contributed by atoms with Gasteiger partial charge in [-0.15, -0.1) is 0 Å². The number of hydrogen-bond donors (Lipinski definition) is 3. The van der Waals surface area contributed by atoms with Gasteiger partial charge in [-0.3, -0.25) is 9.52 Å². The topological polar surface area (TPSA) is 58.2 Å². The van der Waals surface area contributed by atoms with E-state index in [1.54, 1.807) is 19.1 Å². The Morgan fingerprint density at radius 1 is 1.50 bits per heavy atom. The molecule has 0 saturated heterocycles. The Hall–Kier alpha value is -1.23. The zero-order valence-corrected chi connectivity index (χ0v) is 9.10. The van der Waals surface area contributed by atoms with Gasteiger partial charge in [0.1, 0.15) is 6.29 Å². The lowest BCUT2D eigenvalue weighted by atomic mass is 10.2. The largest absolute Gasteiger partial charge is 0.329 e. The molecule has 2 N–H and O–H groups in total. The quantitative estimate of drug-likeness (QED) is 0.288. The molecule has 0 aliphatic heterocycles. The molecule has 0 fully saturated rings. The summed E-state index contributed by atoms with van der Waals surface area (Å²) in [6.45, 7) is 3.63. The summed E-state index contributed by atoms with van der Waals surface area (Å²) in [4.78, 5) is 21.4. The predicted molar refractivity (Wildman–Crippen MR) is 58.8 cm³/mol. The number of nitrogens with one attached hydrogen (secondary N) is 2. The van der Waals surface area contributed by atoms with E-state index in [0.717, 1.165) is 6.29 Å². The molecule has 0 atom stereocenters. The zero-order chi connectivity index (χ0) is 11.0. The molecular formula is C9H14N2O2S. The Morgan fingerprint density at radius 2 is 2.14 bits per heavy atom. The maximum atomic E-state index is 10.9. The van der Waals surface area contributed by atoms with Crippen molar-refractivity contribution in [2.24, 2.45) is 0 Å². The zero-order valence-electron chi connectivity index (χ0n) is 8.20. The van der Waals surface area contributed by atoms with Crippen molar-refractivity contribution in [1.29, 1.82) is 0 Å². The van der Waals surface area contributed by atoms with E-state index in [9.17, 15) is 9.59 Å². The van der Waals surface area contributed by atoms with Gasteiger partial charge in [-0.1, -0.05) is 25.8 Å². The monoisotopic (exact) mass is 214 g/mol. The molecule has 4 nitrogen and oxygen atoms in total. The van der Waals surface area contributed by atoms with Crippen LogP contribution >= 0.6 is 12.8 Å². The molecule has 2 amide bonds. The number of aldehydes is 1. The molecule has 0 spiro atoms. The number of thiol groups is 1. The molecule has 0 heterocycles. The number of allylic oxidation sites excluding steroid dienone is 3. The third-order valence-corrected chi connectivity index (χ3v) is 1.77. The average molecular weight is 214 g/mol. The third kappa shape index (κ3) is 4.71. The van der Waals surface area contributed by atoms with Crippen LogP contribution in [0, 0.1) is 0 Å². The number of carbonyl (C=O) groups excluding carboxylic acids is 2. The lowest BCUT2D eigenvalue weighted by Gasteiger charge is -2.04. The van der Waals surface area contributed by atoms with E-state index in [2.05, 4.69) is 22.9 Å². The Balaban J connectivity index is 4.51. The van der Waals surface area contributed by atoms with E-state index in [0.29, 0.717) is 17.7 Å². The molecule has 78 valence electrons. The van der Waals surface area contributed by atoms with Crippen molar-refractivity contribution in [3.63, 3.8) is 0 Å². The van der Waals surface area contributed by atoms with Crippen LogP contribution in [0.25, 0.3) is 0 Å². The molecule has 5 heteroatoms. The Morgan fingerprint density at radius 3 is 2.50 bits per heavy atom. The molecular weight excluding hydrogens is 200 g/mol. The highest BCUT2D eigenvalue weighted by Crippen LogP contribution is 2.01. The van der Waals surface area contributed by atoms with Crippen molar-refractivity contribution in [3.8, 4) is 0 Å². The number of rotatable bonds is 4. The van der Waals surface area contributed by atoms with Crippen LogP contribution in [-0.4, -0.2) is 12.3 Å². The van der Waals surface area contributed by atoms with Crippen LogP contribution in [-0.2, 0) is 4.79 Å². The predicted octanol–water partition coefficient (Wildman–Crippen LogP) is 1.57. The molecule has 0 radical (unpaired) electrons. The standard InChI is InChI=1S/C9H14N2O2S/c1-3-7(6-12)5-8(4-2)10-9(13)11-14/h4-6,14H,3H2,1-2H3,(H2,10,11,13)/b7-5+,8-4+. The Labute approximate surface area is 89.0 Å². The van der Waals surface area contributed by atoms with Crippen LogP contribution < -0.4 is 10.0 Å². The van der Waals surface area contributed by atoms with E-state index in [-0.39, 0.29) is 0 Å². The molecule has 0 aliphatic carbocycles. The summed E-state index contributed by atoms with van der Waals surface area (Å²) in [5, 5.41) is 2.51. The van der Waals surface area contributed by atoms with Crippen LogP contribution in [0.15, 0.2) is 23.4 Å². The lowest BCUT2D eigenvalue weighted by Crippen LogP contribution is -2.28. The first-order valence-corrected chi connectivity index (χ1v) is 4.65. The molecule has 0 aliphatic rings. The van der Waals surface area contributed by atoms with E-state index >= 15 is 0 Å². The van der Waals surface area contributed by atoms with Crippen molar-refractivity contribution in [2.45, 2.75) is 20.3 Å². The summed E-state index contributed by atoms with van der Waals surface area (Å²) in [5.74, 6) is 0. The minimum absolute atomic E-state index is 0.431. The second kappa shape index (κ2) is 7.20. The second-order valence-corrected chi connectivity index (χ2v) is 2.72. The van der Waals surface area contributed by atoms with Gasteiger partial charge in [0, 0.05) is 5.70 Å². The van der Waals surface area contributed by atoms with Crippen LogP contribution in [0.4, 0.5) is 4.79 Å². The first-order valence-electron chi connectivity index (χ1n) is 4.21. The van der Waals surface area contributed by atoms with Crippen LogP contribution in [0.1, 0.15) is 20.3 Å². The summed E-state index contributed by atoms with van der Waals surface area (Å²) < 4.78 is 2.13. The smallest absolute Gasteiger partial charge is 0.308 e. The lowest BCUT2D eigenvalue weighted by molar-refractivity contribution is -0.105. The Bertz CT molecular complexity index is 272. The highest BCUT2D eigenvalue weighted by molar-refractivity contribution is 7.78. The first kappa shape index (κ1) is 12.8. The van der Waals surface area contributed by atoms with Crippen LogP contribution in [0.2, 0.25) is 0 Å². The highest BCUT2D eigenvalue weighted by atomic mass is 32.1. The van der Waals surface area contributed by atoms with E-state index in [1.807, 2.05) is 6.92 Å². The molecule has 0 unspecified atom stereocenters. The summed E-state index contributed by atoms with van der Waals surface area (Å²) in [7, 11) is 0. The fourth-order valence-corrected chi connectivity index (χ4v) is 0.826. The van der Waals surface area contributed by atoms with Crippen molar-refractivity contribution in [1.82, 2.24) is 10.0 Å². The SMILES string of the molecule is C/C=C(\C=C(\C=O)CC)NC(=O)NS. The average Bonchev–Trinajstić information content (AvgIpc) is 2.23. The summed E-state index contributed by atoms with van der Waals surface area (Å²) in [5.41, 5.74) is 1.19. The summed E-state index contributed by atoms with van der Waals surface area (Å²) in [6.07, 6.45) is 4.72. The molecule has 14 heavy (non-hydrogen) atoms. The maximum absolute atomic E-state index is 10.9. The maximum Gasteiger partial charge on any atom is 0.329 e. The Kier molecular flexibility index (Phi) is 6.57. The minimum atomic E-state index is -0.431. The third-order valence-electron chi connectivity index (χ3n) is 1.57. The van der Waals surface area contributed by atoms with Gasteiger partial charge >= 0.3 is 6.03 Å².